The Kier molecular flexibility index (Phi) is 5.74. The number of aliphatic hydroxyl groups is 4. The molecule has 2 amide bonds. The number of phenolic OH excluding ortho intramolecular Hbond substituents is 1. The first-order valence-corrected chi connectivity index (χ1v) is 11.1. The van der Waals surface area contributed by atoms with E-state index < -0.39 is 87.3 Å². The van der Waals surface area contributed by atoms with Crippen molar-refractivity contribution < 1.29 is 44.7 Å². The minimum absolute atomic E-state index is 0.0471. The molecule has 3 aliphatic carbocycles. The number of benzene rings is 1. The van der Waals surface area contributed by atoms with Gasteiger partial charge in [-0.15, -0.1) is 0 Å². The van der Waals surface area contributed by atoms with Gasteiger partial charge in [-0.05, 0) is 31.6 Å². The van der Waals surface area contributed by atoms with Crippen molar-refractivity contribution in [1.82, 2.24) is 4.90 Å². The van der Waals surface area contributed by atoms with Gasteiger partial charge in [-0.25, -0.2) is 0 Å². The number of hydrogen-bond donors (Lipinski definition) is 7. The van der Waals surface area contributed by atoms with Crippen LogP contribution in [0, 0.1) is 11.8 Å². The van der Waals surface area contributed by atoms with Crippen LogP contribution in [0.25, 0.3) is 5.76 Å². The van der Waals surface area contributed by atoms with Crippen molar-refractivity contribution in [1.29, 1.82) is 0 Å². The average molecular weight is 501 g/mol. The molecule has 0 saturated heterocycles. The number of phenols is 1. The highest BCUT2D eigenvalue weighted by atomic mass is 16.4. The predicted octanol–water partition coefficient (Wildman–Crippen LogP) is -0.546. The fourth-order valence-corrected chi connectivity index (χ4v) is 5.91. The van der Waals surface area contributed by atoms with Crippen LogP contribution in [0.2, 0.25) is 0 Å². The van der Waals surface area contributed by atoms with E-state index in [2.05, 4.69) is 5.32 Å². The average Bonchev–Trinajstić information content (AvgIpc) is 2.77. The maximum atomic E-state index is 13.8. The number of aromatic hydroxyl groups is 1. The zero-order valence-electron chi connectivity index (χ0n) is 19.9. The van der Waals surface area contributed by atoms with Crippen LogP contribution in [0.5, 0.6) is 5.75 Å². The van der Waals surface area contributed by atoms with Crippen LogP contribution in [0.4, 0.5) is 5.69 Å². The van der Waals surface area contributed by atoms with Gasteiger partial charge in [0.25, 0.3) is 5.91 Å². The second kappa shape index (κ2) is 8.15. The molecule has 0 aliphatic heterocycles. The monoisotopic (exact) mass is 501 g/mol. The first-order chi connectivity index (χ1) is 16.7. The minimum Gasteiger partial charge on any atom is -0.508 e. The van der Waals surface area contributed by atoms with Crippen molar-refractivity contribution in [3.05, 3.63) is 40.2 Å². The van der Waals surface area contributed by atoms with Crippen molar-refractivity contribution in [2.75, 3.05) is 19.4 Å². The van der Waals surface area contributed by atoms with Gasteiger partial charge in [-0.2, -0.15) is 0 Å². The Morgan fingerprint density at radius 3 is 2.28 bits per heavy atom. The topological polar surface area (TPSA) is 211 Å². The maximum Gasteiger partial charge on any atom is 0.255 e. The number of nitrogens with one attached hydrogen (secondary N) is 1. The molecule has 1 aromatic carbocycles. The number of carbonyl (C=O) groups is 4. The highest BCUT2D eigenvalue weighted by molar-refractivity contribution is 6.24. The second-order valence-electron chi connectivity index (χ2n) is 9.66. The van der Waals surface area contributed by atoms with Gasteiger partial charge in [0.2, 0.25) is 11.7 Å². The van der Waals surface area contributed by atoms with Crippen LogP contribution in [0.1, 0.15) is 30.9 Å². The standard InChI is InChI=1S/C24H27N3O9/c1-7-9-5-6-10(26-8(2)28)17(29)12(9)18(30)13-11(7)19(31)15-16(27(3)4)20(32)14(23(25)35)22(34)24(15,36)21(13)33/h5-7,11,15-16,19,29-31,34,36H,1-4H3,(H2,25,35)(H,26,28)/t7-,11?,15+,16-,19-,24-/m0/s1. The third-order valence-electron chi connectivity index (χ3n) is 7.44. The van der Waals surface area contributed by atoms with Gasteiger partial charge in [-0.3, -0.25) is 24.1 Å². The van der Waals surface area contributed by atoms with Crippen LogP contribution in [0.3, 0.4) is 0 Å². The van der Waals surface area contributed by atoms with E-state index in [4.69, 9.17) is 5.73 Å². The molecule has 192 valence electrons. The number of aliphatic hydroxyl groups excluding tert-OH is 3. The van der Waals surface area contributed by atoms with Gasteiger partial charge >= 0.3 is 0 Å². The first-order valence-electron chi connectivity index (χ1n) is 11.1. The number of anilines is 1. The number of nitrogens with zero attached hydrogens (tertiary/aromatic N) is 1. The molecule has 8 N–H and O–H groups in total. The molecule has 3 aliphatic rings. The molecule has 0 radical (unpaired) electrons. The SMILES string of the molecule is CC(=O)Nc1ccc2c(c1O)C(O)=C1C(=O)[C@]3(O)C(O)=C(C(N)=O)C(=O)[C@@H](N(C)C)[C@@H]3[C@@H](O)C1[C@H]2C. The highest BCUT2D eigenvalue weighted by Gasteiger charge is 2.68. The zero-order chi connectivity index (χ0) is 27.0. The summed E-state index contributed by atoms with van der Waals surface area (Å²) in [5.74, 6) is -10.2. The summed E-state index contributed by atoms with van der Waals surface area (Å²) >= 11 is 0. The minimum atomic E-state index is -2.98. The van der Waals surface area contributed by atoms with Crippen LogP contribution in [-0.2, 0) is 19.2 Å². The molecule has 1 saturated carbocycles. The molecule has 0 spiro atoms. The van der Waals surface area contributed by atoms with Gasteiger partial charge in [-0.1, -0.05) is 13.0 Å². The molecular formula is C24H27N3O9. The van der Waals surface area contributed by atoms with E-state index in [1.54, 1.807) is 6.92 Å². The number of carbonyl (C=O) groups excluding carboxylic acids is 4. The molecule has 36 heavy (non-hydrogen) atoms. The first kappa shape index (κ1) is 25.4. The van der Waals surface area contributed by atoms with Crippen molar-refractivity contribution >= 4 is 34.8 Å². The third kappa shape index (κ3) is 3.11. The predicted molar refractivity (Wildman–Crippen MR) is 125 cm³/mol. The van der Waals surface area contributed by atoms with Crippen molar-refractivity contribution in [3.63, 3.8) is 0 Å². The molecule has 1 aromatic rings. The van der Waals surface area contributed by atoms with E-state index in [-0.39, 0.29) is 11.3 Å². The van der Waals surface area contributed by atoms with Gasteiger partial charge in [0.05, 0.1) is 29.3 Å². The van der Waals surface area contributed by atoms with Crippen LogP contribution in [-0.4, -0.2) is 85.7 Å². The lowest BCUT2D eigenvalue weighted by Gasteiger charge is -2.53. The summed E-state index contributed by atoms with van der Waals surface area (Å²) in [5.41, 5.74) is 0.918. The quantitative estimate of drug-likeness (QED) is 0.207. The third-order valence-corrected chi connectivity index (χ3v) is 7.44. The largest absolute Gasteiger partial charge is 0.508 e. The molecule has 4 rings (SSSR count). The van der Waals surface area contributed by atoms with E-state index >= 15 is 0 Å². The Morgan fingerprint density at radius 1 is 1.14 bits per heavy atom. The summed E-state index contributed by atoms with van der Waals surface area (Å²) in [6.07, 6.45) is -1.67. The number of fused-ring (bicyclic) bond motifs is 3. The van der Waals surface area contributed by atoms with E-state index in [0.717, 1.165) is 0 Å². The smallest absolute Gasteiger partial charge is 0.255 e. The summed E-state index contributed by atoms with van der Waals surface area (Å²) in [7, 11) is 2.87. The molecule has 12 heteroatoms. The molecule has 1 fully saturated rings. The Morgan fingerprint density at radius 2 is 1.75 bits per heavy atom. The molecule has 0 heterocycles. The molecular weight excluding hydrogens is 474 g/mol. The summed E-state index contributed by atoms with van der Waals surface area (Å²) in [4.78, 5) is 51.8. The number of Topliss-reactive ketones (excluding diaryl/α,β-unsaturated/α-hetero) is 2. The fourth-order valence-electron chi connectivity index (χ4n) is 5.91. The number of rotatable bonds is 3. The lowest BCUT2D eigenvalue weighted by atomic mass is 9.54. The number of hydrogen-bond acceptors (Lipinski definition) is 10. The fraction of sp³-hybridized carbons (Fsp3) is 0.417. The summed E-state index contributed by atoms with van der Waals surface area (Å²) in [5, 5.41) is 58.4. The molecule has 1 unspecified atom stereocenters. The number of likely N-dealkylation sites (N-methyl/N-ethyl adjacent to an activating group) is 1. The Labute approximate surface area is 205 Å². The normalized spacial score (nSPS) is 31.7. The van der Waals surface area contributed by atoms with E-state index in [9.17, 15) is 44.7 Å². The van der Waals surface area contributed by atoms with Gasteiger partial charge in [0, 0.05) is 18.4 Å². The van der Waals surface area contributed by atoms with Crippen molar-refractivity contribution in [3.8, 4) is 5.75 Å². The Hall–Kier alpha value is -3.74. The number of ketones is 2. The maximum absolute atomic E-state index is 13.8. The number of primary amides is 1. The van der Waals surface area contributed by atoms with E-state index in [1.807, 2.05) is 0 Å². The highest BCUT2D eigenvalue weighted by Crippen LogP contribution is 2.56. The Bertz CT molecular complexity index is 1300. The number of amides is 2. The second-order valence-corrected chi connectivity index (χ2v) is 9.66. The molecule has 12 nitrogen and oxygen atoms in total. The summed E-state index contributed by atoms with van der Waals surface area (Å²) < 4.78 is 0. The number of nitrogens with two attached hydrogens (primary N) is 1. The molecule has 6 atom stereocenters. The van der Waals surface area contributed by atoms with E-state index in [0.29, 0.717) is 5.56 Å². The van der Waals surface area contributed by atoms with Crippen molar-refractivity contribution in [2.45, 2.75) is 37.5 Å². The Balaban J connectivity index is 2.04. The van der Waals surface area contributed by atoms with Crippen molar-refractivity contribution in [2.24, 2.45) is 17.6 Å². The van der Waals surface area contributed by atoms with Crippen LogP contribution >= 0.6 is 0 Å². The lowest BCUT2D eigenvalue weighted by molar-refractivity contribution is -0.169. The lowest BCUT2D eigenvalue weighted by Crippen LogP contribution is -2.70. The van der Waals surface area contributed by atoms with Gasteiger partial charge in [0.1, 0.15) is 22.8 Å². The van der Waals surface area contributed by atoms with E-state index in [1.165, 1.54) is 38.1 Å². The molecule has 0 bridgehead atoms. The summed E-state index contributed by atoms with van der Waals surface area (Å²) in [6.45, 7) is 2.83. The zero-order valence-corrected chi connectivity index (χ0v) is 19.9. The van der Waals surface area contributed by atoms with Crippen LogP contribution in [0.15, 0.2) is 29.0 Å². The van der Waals surface area contributed by atoms with Gasteiger partial charge in [0.15, 0.2) is 11.4 Å². The molecule has 0 aromatic heterocycles. The van der Waals surface area contributed by atoms with Crippen LogP contribution < -0.4 is 11.1 Å². The van der Waals surface area contributed by atoms with Gasteiger partial charge < -0.3 is 36.6 Å². The summed E-state index contributed by atoms with van der Waals surface area (Å²) in [6, 6.07) is 1.49.